The SMILES string of the molecule is Clc1cnccc1CN1CCC(c2nc3ccccc3[nH]2)CC1. The maximum Gasteiger partial charge on any atom is 0.110 e. The lowest BCUT2D eigenvalue weighted by molar-refractivity contribution is 0.202. The Morgan fingerprint density at radius 3 is 2.78 bits per heavy atom. The topological polar surface area (TPSA) is 44.8 Å². The van der Waals surface area contributed by atoms with Crippen molar-refractivity contribution >= 4 is 22.6 Å². The van der Waals surface area contributed by atoms with E-state index in [0.29, 0.717) is 5.92 Å². The first-order chi connectivity index (χ1) is 11.3. The van der Waals surface area contributed by atoms with Crippen LogP contribution in [0, 0.1) is 0 Å². The van der Waals surface area contributed by atoms with Crippen molar-refractivity contribution in [2.24, 2.45) is 0 Å². The van der Waals surface area contributed by atoms with Crippen LogP contribution in [0.1, 0.15) is 30.1 Å². The van der Waals surface area contributed by atoms with Gasteiger partial charge in [-0.15, -0.1) is 0 Å². The van der Waals surface area contributed by atoms with Gasteiger partial charge in [-0.25, -0.2) is 4.98 Å². The molecule has 1 N–H and O–H groups in total. The molecule has 4 rings (SSSR count). The molecule has 0 amide bonds. The van der Waals surface area contributed by atoms with Crippen LogP contribution in [-0.2, 0) is 6.54 Å². The van der Waals surface area contributed by atoms with E-state index in [0.717, 1.165) is 59.9 Å². The van der Waals surface area contributed by atoms with Gasteiger partial charge in [-0.2, -0.15) is 0 Å². The molecule has 0 spiro atoms. The zero-order chi connectivity index (χ0) is 15.6. The number of hydrogen-bond donors (Lipinski definition) is 1. The molecule has 1 aliphatic rings. The predicted octanol–water partition coefficient (Wildman–Crippen LogP) is 3.99. The highest BCUT2D eigenvalue weighted by Crippen LogP contribution is 2.29. The molecule has 1 aromatic carbocycles. The van der Waals surface area contributed by atoms with Crippen molar-refractivity contribution in [2.75, 3.05) is 13.1 Å². The number of benzene rings is 1. The Kier molecular flexibility index (Phi) is 4.02. The van der Waals surface area contributed by atoms with Crippen LogP contribution >= 0.6 is 11.6 Å². The molecule has 23 heavy (non-hydrogen) atoms. The molecule has 118 valence electrons. The third-order valence-electron chi connectivity index (χ3n) is 4.63. The van der Waals surface area contributed by atoms with Crippen LogP contribution in [0.5, 0.6) is 0 Å². The molecular weight excluding hydrogens is 308 g/mol. The summed E-state index contributed by atoms with van der Waals surface area (Å²) in [5.74, 6) is 1.65. The number of H-pyrrole nitrogens is 1. The van der Waals surface area contributed by atoms with Crippen LogP contribution in [-0.4, -0.2) is 32.9 Å². The largest absolute Gasteiger partial charge is 0.342 e. The number of halogens is 1. The summed E-state index contributed by atoms with van der Waals surface area (Å²) in [5.41, 5.74) is 3.35. The lowest BCUT2D eigenvalue weighted by atomic mass is 9.96. The molecule has 1 aliphatic heterocycles. The van der Waals surface area contributed by atoms with Crippen molar-refractivity contribution in [1.82, 2.24) is 19.9 Å². The van der Waals surface area contributed by atoms with Crippen molar-refractivity contribution in [1.29, 1.82) is 0 Å². The number of pyridine rings is 1. The van der Waals surface area contributed by atoms with Gasteiger partial charge >= 0.3 is 0 Å². The Labute approximate surface area is 140 Å². The molecule has 1 saturated heterocycles. The van der Waals surface area contributed by atoms with E-state index in [4.69, 9.17) is 16.6 Å². The van der Waals surface area contributed by atoms with Gasteiger partial charge in [-0.1, -0.05) is 23.7 Å². The molecule has 0 atom stereocenters. The third-order valence-corrected chi connectivity index (χ3v) is 4.97. The lowest BCUT2D eigenvalue weighted by Crippen LogP contribution is -2.32. The van der Waals surface area contributed by atoms with Crippen molar-refractivity contribution in [3.05, 3.63) is 59.1 Å². The van der Waals surface area contributed by atoms with Gasteiger partial charge in [0.2, 0.25) is 0 Å². The summed E-state index contributed by atoms with van der Waals surface area (Å²) < 4.78 is 0. The second kappa shape index (κ2) is 6.30. The number of piperidine rings is 1. The van der Waals surface area contributed by atoms with Crippen LogP contribution < -0.4 is 0 Å². The van der Waals surface area contributed by atoms with Crippen LogP contribution in [0.4, 0.5) is 0 Å². The minimum absolute atomic E-state index is 0.520. The van der Waals surface area contributed by atoms with E-state index in [-0.39, 0.29) is 0 Å². The van der Waals surface area contributed by atoms with Crippen molar-refractivity contribution in [2.45, 2.75) is 25.3 Å². The summed E-state index contributed by atoms with van der Waals surface area (Å²) in [7, 11) is 0. The van der Waals surface area contributed by atoms with Crippen LogP contribution in [0.15, 0.2) is 42.7 Å². The molecule has 0 aliphatic carbocycles. The van der Waals surface area contributed by atoms with E-state index in [1.54, 1.807) is 6.20 Å². The van der Waals surface area contributed by atoms with Crippen LogP contribution in [0.25, 0.3) is 11.0 Å². The quantitative estimate of drug-likeness (QED) is 0.791. The second-order valence-electron chi connectivity index (χ2n) is 6.16. The Morgan fingerprint density at radius 2 is 2.00 bits per heavy atom. The van der Waals surface area contributed by atoms with Crippen molar-refractivity contribution < 1.29 is 0 Å². The summed E-state index contributed by atoms with van der Waals surface area (Å²) in [5, 5.41) is 0.756. The Morgan fingerprint density at radius 1 is 1.17 bits per heavy atom. The summed E-state index contributed by atoms with van der Waals surface area (Å²) in [6.45, 7) is 3.04. The van der Waals surface area contributed by atoms with Gasteiger partial charge in [0.15, 0.2) is 0 Å². The van der Waals surface area contributed by atoms with E-state index in [9.17, 15) is 0 Å². The standard InChI is InChI=1S/C18H19ClN4/c19-15-11-20-8-5-14(15)12-23-9-6-13(7-10-23)18-21-16-3-1-2-4-17(16)22-18/h1-5,8,11,13H,6-7,9-10,12H2,(H,21,22). The highest BCUT2D eigenvalue weighted by Gasteiger charge is 2.23. The third kappa shape index (κ3) is 3.09. The van der Waals surface area contributed by atoms with Gasteiger partial charge in [0.05, 0.1) is 16.1 Å². The monoisotopic (exact) mass is 326 g/mol. The fourth-order valence-electron chi connectivity index (χ4n) is 3.30. The number of nitrogens with one attached hydrogen (secondary N) is 1. The Balaban J connectivity index is 1.41. The number of fused-ring (bicyclic) bond motifs is 1. The molecule has 0 saturated carbocycles. The normalized spacial score (nSPS) is 16.9. The number of likely N-dealkylation sites (tertiary alicyclic amines) is 1. The molecular formula is C18H19ClN4. The smallest absolute Gasteiger partial charge is 0.110 e. The van der Waals surface area contributed by atoms with Gasteiger partial charge in [0.1, 0.15) is 5.82 Å². The highest BCUT2D eigenvalue weighted by atomic mass is 35.5. The Bertz CT molecular complexity index is 772. The summed E-state index contributed by atoms with van der Waals surface area (Å²) >= 11 is 6.21. The zero-order valence-corrected chi connectivity index (χ0v) is 13.6. The van der Waals surface area contributed by atoms with Gasteiger partial charge in [0, 0.05) is 24.9 Å². The molecule has 3 heterocycles. The average molecular weight is 327 g/mol. The van der Waals surface area contributed by atoms with E-state index in [2.05, 4.69) is 27.0 Å². The number of nitrogens with zero attached hydrogens (tertiary/aromatic N) is 3. The second-order valence-corrected chi connectivity index (χ2v) is 6.56. The van der Waals surface area contributed by atoms with Gasteiger partial charge in [-0.3, -0.25) is 9.88 Å². The molecule has 5 heteroatoms. The summed E-state index contributed by atoms with van der Waals surface area (Å²) in [4.78, 5) is 14.7. The first-order valence-corrected chi connectivity index (χ1v) is 8.43. The van der Waals surface area contributed by atoms with E-state index in [1.165, 1.54) is 0 Å². The maximum absolute atomic E-state index is 6.21. The number of para-hydroxylation sites is 2. The number of rotatable bonds is 3. The first-order valence-electron chi connectivity index (χ1n) is 8.05. The number of aromatic amines is 1. The molecule has 0 unspecified atom stereocenters. The summed E-state index contributed by atoms with van der Waals surface area (Å²) in [6.07, 6.45) is 5.78. The van der Waals surface area contributed by atoms with Crippen molar-refractivity contribution in [3.63, 3.8) is 0 Å². The molecule has 0 radical (unpaired) electrons. The fourth-order valence-corrected chi connectivity index (χ4v) is 3.48. The summed E-state index contributed by atoms with van der Waals surface area (Å²) in [6, 6.07) is 10.2. The average Bonchev–Trinajstić information content (AvgIpc) is 3.02. The minimum atomic E-state index is 0.520. The number of aromatic nitrogens is 3. The molecule has 4 nitrogen and oxygen atoms in total. The van der Waals surface area contributed by atoms with Gasteiger partial charge in [0.25, 0.3) is 0 Å². The van der Waals surface area contributed by atoms with Gasteiger partial charge in [-0.05, 0) is 49.7 Å². The van der Waals surface area contributed by atoms with Crippen LogP contribution in [0.3, 0.4) is 0 Å². The molecule has 1 fully saturated rings. The fraction of sp³-hybridized carbons (Fsp3) is 0.333. The highest BCUT2D eigenvalue weighted by molar-refractivity contribution is 6.31. The maximum atomic E-state index is 6.21. The van der Waals surface area contributed by atoms with Crippen LogP contribution in [0.2, 0.25) is 5.02 Å². The number of imidazole rings is 1. The first kappa shape index (κ1) is 14.7. The Hall–Kier alpha value is -1.91. The van der Waals surface area contributed by atoms with E-state index in [1.807, 2.05) is 24.4 Å². The molecule has 2 aromatic heterocycles. The van der Waals surface area contributed by atoms with Crippen molar-refractivity contribution in [3.8, 4) is 0 Å². The molecule has 0 bridgehead atoms. The van der Waals surface area contributed by atoms with Gasteiger partial charge < -0.3 is 4.98 Å². The van der Waals surface area contributed by atoms with E-state index >= 15 is 0 Å². The lowest BCUT2D eigenvalue weighted by Gasteiger charge is -2.31. The molecule has 3 aromatic rings. The van der Waals surface area contributed by atoms with E-state index < -0.39 is 0 Å². The zero-order valence-electron chi connectivity index (χ0n) is 12.9. The minimum Gasteiger partial charge on any atom is -0.342 e. The predicted molar refractivity (Wildman–Crippen MR) is 92.6 cm³/mol. The number of hydrogen-bond acceptors (Lipinski definition) is 3.